The standard InChI is InChI=1S/C24H20Cl2FN3O4/c25-14-2-6-18-13(7-14)1-5-19(33-18)21(31)28-24-10-23(11-24,12-24)22-30-29-20(34-22)9-32-15-3-4-16(26)17(27)8-15/h2-4,6-8,19H,1,5,9-12H2,(H,28,31)/t19-,23?,24?/m1/s1. The number of aryl methyl sites for hydroxylation is 1. The summed E-state index contributed by atoms with van der Waals surface area (Å²) in [6.07, 6.45) is 3.09. The van der Waals surface area contributed by atoms with Crippen LogP contribution in [-0.2, 0) is 23.2 Å². The van der Waals surface area contributed by atoms with Gasteiger partial charge in [-0.1, -0.05) is 23.2 Å². The van der Waals surface area contributed by atoms with E-state index in [1.165, 1.54) is 12.1 Å². The van der Waals surface area contributed by atoms with Gasteiger partial charge in [-0.05, 0) is 68.0 Å². The zero-order chi connectivity index (χ0) is 23.5. The van der Waals surface area contributed by atoms with Crippen LogP contribution in [0.15, 0.2) is 40.8 Å². The summed E-state index contributed by atoms with van der Waals surface area (Å²) < 4.78 is 30.8. The van der Waals surface area contributed by atoms with E-state index in [0.717, 1.165) is 31.2 Å². The van der Waals surface area contributed by atoms with Crippen molar-refractivity contribution in [1.29, 1.82) is 0 Å². The molecule has 34 heavy (non-hydrogen) atoms. The van der Waals surface area contributed by atoms with Crippen LogP contribution < -0.4 is 14.8 Å². The summed E-state index contributed by atoms with van der Waals surface area (Å²) in [6.45, 7) is 0.0255. The number of hydrogen-bond acceptors (Lipinski definition) is 6. The minimum absolute atomic E-state index is 0.0255. The number of rotatable bonds is 6. The molecule has 3 aliphatic carbocycles. The maximum absolute atomic E-state index is 13.5. The van der Waals surface area contributed by atoms with E-state index in [-0.39, 0.29) is 28.5 Å². The van der Waals surface area contributed by atoms with Gasteiger partial charge >= 0.3 is 0 Å². The molecule has 1 aliphatic heterocycles. The van der Waals surface area contributed by atoms with Crippen LogP contribution in [0, 0.1) is 5.82 Å². The van der Waals surface area contributed by atoms with Gasteiger partial charge in [-0.2, -0.15) is 0 Å². The summed E-state index contributed by atoms with van der Waals surface area (Å²) in [4.78, 5) is 12.9. The summed E-state index contributed by atoms with van der Waals surface area (Å²) >= 11 is 11.7. The fourth-order valence-electron chi connectivity index (χ4n) is 5.27. The highest BCUT2D eigenvalue weighted by molar-refractivity contribution is 6.31. The van der Waals surface area contributed by atoms with Crippen molar-refractivity contribution in [3.63, 3.8) is 0 Å². The van der Waals surface area contributed by atoms with Gasteiger partial charge < -0.3 is 19.2 Å². The first-order valence-electron chi connectivity index (χ1n) is 11.0. The largest absolute Gasteiger partial charge is 0.484 e. The summed E-state index contributed by atoms with van der Waals surface area (Å²) in [6, 6.07) is 9.66. The van der Waals surface area contributed by atoms with Crippen LogP contribution in [0.3, 0.4) is 0 Å². The predicted octanol–water partition coefficient (Wildman–Crippen LogP) is 4.78. The third kappa shape index (κ3) is 3.69. The van der Waals surface area contributed by atoms with Crippen molar-refractivity contribution < 1.29 is 23.1 Å². The Balaban J connectivity index is 1.03. The van der Waals surface area contributed by atoms with Gasteiger partial charge in [-0.15, -0.1) is 10.2 Å². The van der Waals surface area contributed by atoms with Crippen LogP contribution in [-0.4, -0.2) is 27.7 Å². The number of aromatic nitrogens is 2. The zero-order valence-corrected chi connectivity index (χ0v) is 19.5. The molecule has 1 aromatic heterocycles. The Labute approximate surface area is 204 Å². The second-order valence-electron chi connectivity index (χ2n) is 9.34. The molecular formula is C24H20Cl2FN3O4. The van der Waals surface area contributed by atoms with E-state index < -0.39 is 11.9 Å². The molecule has 1 amide bonds. The van der Waals surface area contributed by atoms with Crippen LogP contribution in [0.1, 0.15) is 43.0 Å². The maximum atomic E-state index is 13.5. The molecule has 7 rings (SSSR count). The SMILES string of the molecule is O=C(NC12CC(c3nnc(COc4ccc(Cl)c(F)c4)o3)(C1)C2)[C@H]1CCc2cc(Cl)ccc2O1. The first kappa shape index (κ1) is 21.7. The second kappa shape index (κ2) is 7.85. The van der Waals surface area contributed by atoms with Crippen LogP contribution in [0.2, 0.25) is 10.0 Å². The number of nitrogens with one attached hydrogen (secondary N) is 1. The first-order chi connectivity index (χ1) is 16.3. The summed E-state index contributed by atoms with van der Waals surface area (Å²) in [5.74, 6) is 1.24. The molecule has 176 valence electrons. The van der Waals surface area contributed by atoms with Gasteiger partial charge in [0.05, 0.1) is 10.4 Å². The van der Waals surface area contributed by atoms with Crippen LogP contribution in [0.4, 0.5) is 4.39 Å². The minimum Gasteiger partial charge on any atom is -0.484 e. The van der Waals surface area contributed by atoms with Gasteiger partial charge in [0.1, 0.15) is 17.3 Å². The molecular weight excluding hydrogens is 484 g/mol. The second-order valence-corrected chi connectivity index (χ2v) is 10.2. The average molecular weight is 504 g/mol. The van der Waals surface area contributed by atoms with Crippen molar-refractivity contribution >= 4 is 29.1 Å². The van der Waals surface area contributed by atoms with E-state index >= 15 is 0 Å². The number of fused-ring (bicyclic) bond motifs is 1. The lowest BCUT2D eigenvalue weighted by Crippen LogP contribution is -2.77. The Hall–Kier alpha value is -2.84. The molecule has 0 unspecified atom stereocenters. The van der Waals surface area contributed by atoms with Crippen molar-refractivity contribution in [2.75, 3.05) is 0 Å². The third-order valence-electron chi connectivity index (χ3n) is 6.85. The number of hydrogen-bond donors (Lipinski definition) is 1. The van der Waals surface area contributed by atoms with Crippen molar-refractivity contribution in [2.45, 2.75) is 55.8 Å². The van der Waals surface area contributed by atoms with Gasteiger partial charge in [-0.25, -0.2) is 4.39 Å². The molecule has 3 saturated carbocycles. The van der Waals surface area contributed by atoms with Gasteiger partial charge in [0, 0.05) is 16.6 Å². The molecule has 2 aromatic carbocycles. The predicted molar refractivity (Wildman–Crippen MR) is 121 cm³/mol. The monoisotopic (exact) mass is 503 g/mol. The fraction of sp³-hybridized carbons (Fsp3) is 0.375. The van der Waals surface area contributed by atoms with E-state index in [9.17, 15) is 9.18 Å². The minimum atomic E-state index is -0.557. The molecule has 0 radical (unpaired) electrons. The molecule has 4 aliphatic rings. The van der Waals surface area contributed by atoms with Crippen LogP contribution in [0.25, 0.3) is 0 Å². The Morgan fingerprint density at radius 3 is 2.79 bits per heavy atom. The normalized spacial score (nSPS) is 26.5. The van der Waals surface area contributed by atoms with E-state index in [0.29, 0.717) is 34.7 Å². The molecule has 1 atom stereocenters. The number of nitrogens with zero attached hydrogens (tertiary/aromatic N) is 2. The molecule has 2 bridgehead atoms. The maximum Gasteiger partial charge on any atom is 0.261 e. The first-order valence-corrected chi connectivity index (χ1v) is 11.8. The molecule has 0 spiro atoms. The lowest BCUT2D eigenvalue weighted by molar-refractivity contribution is -0.148. The highest BCUT2D eigenvalue weighted by Crippen LogP contribution is 2.67. The summed E-state index contributed by atoms with van der Waals surface area (Å²) in [5, 5.41) is 12.1. The Morgan fingerprint density at radius 2 is 2.00 bits per heavy atom. The number of ether oxygens (including phenoxy) is 2. The highest BCUT2D eigenvalue weighted by Gasteiger charge is 2.72. The van der Waals surface area contributed by atoms with Gasteiger partial charge in [0.2, 0.25) is 5.89 Å². The van der Waals surface area contributed by atoms with Crippen molar-refractivity contribution in [1.82, 2.24) is 15.5 Å². The molecule has 10 heteroatoms. The number of amides is 1. The number of carbonyl (C=O) groups is 1. The van der Waals surface area contributed by atoms with E-state index in [4.69, 9.17) is 37.1 Å². The van der Waals surface area contributed by atoms with Crippen molar-refractivity contribution in [3.05, 3.63) is 69.6 Å². The Kier molecular flexibility index (Phi) is 5.00. The van der Waals surface area contributed by atoms with Crippen LogP contribution in [0.5, 0.6) is 11.5 Å². The lowest BCUT2D eigenvalue weighted by atomic mass is 9.39. The van der Waals surface area contributed by atoms with Crippen molar-refractivity contribution in [3.8, 4) is 11.5 Å². The molecule has 2 heterocycles. The average Bonchev–Trinajstić information content (AvgIpc) is 3.24. The van der Waals surface area contributed by atoms with Gasteiger partial charge in [0.15, 0.2) is 12.7 Å². The Morgan fingerprint density at radius 1 is 1.18 bits per heavy atom. The van der Waals surface area contributed by atoms with E-state index in [1.54, 1.807) is 12.1 Å². The van der Waals surface area contributed by atoms with Gasteiger partial charge in [-0.3, -0.25) is 4.79 Å². The fourth-order valence-corrected chi connectivity index (χ4v) is 5.58. The summed E-state index contributed by atoms with van der Waals surface area (Å²) in [5.41, 5.74) is 0.576. The number of benzene rings is 2. The number of carbonyl (C=O) groups excluding carboxylic acids is 1. The van der Waals surface area contributed by atoms with E-state index in [1.807, 2.05) is 12.1 Å². The third-order valence-corrected chi connectivity index (χ3v) is 7.39. The Bertz CT molecular complexity index is 1280. The summed E-state index contributed by atoms with van der Waals surface area (Å²) in [7, 11) is 0. The number of halogens is 3. The van der Waals surface area contributed by atoms with Crippen molar-refractivity contribution in [2.24, 2.45) is 0 Å². The molecule has 7 nitrogen and oxygen atoms in total. The lowest BCUT2D eigenvalue weighted by Gasteiger charge is -2.68. The molecule has 1 N–H and O–H groups in total. The van der Waals surface area contributed by atoms with Gasteiger partial charge in [0.25, 0.3) is 11.8 Å². The highest BCUT2D eigenvalue weighted by atomic mass is 35.5. The molecule has 3 aromatic rings. The topological polar surface area (TPSA) is 86.5 Å². The molecule has 3 fully saturated rings. The molecule has 0 saturated heterocycles. The van der Waals surface area contributed by atoms with Crippen LogP contribution >= 0.6 is 23.2 Å². The quantitative estimate of drug-likeness (QED) is 0.520. The smallest absolute Gasteiger partial charge is 0.261 e. The zero-order valence-electron chi connectivity index (χ0n) is 17.9. The van der Waals surface area contributed by atoms with E-state index in [2.05, 4.69) is 15.5 Å².